The molecule has 84 valence electrons. The molecule has 0 aromatic carbocycles. The second-order valence-electron chi connectivity index (χ2n) is 3.91. The molecule has 1 atom stereocenters. The van der Waals surface area contributed by atoms with E-state index < -0.39 is 0 Å². The van der Waals surface area contributed by atoms with Gasteiger partial charge in [0, 0.05) is 26.2 Å². The van der Waals surface area contributed by atoms with Crippen LogP contribution in [0.15, 0.2) is 16.8 Å². The van der Waals surface area contributed by atoms with Gasteiger partial charge in [-0.3, -0.25) is 4.90 Å². The van der Waals surface area contributed by atoms with Crippen molar-refractivity contribution >= 4 is 11.3 Å². The third kappa shape index (κ3) is 3.28. The van der Waals surface area contributed by atoms with Crippen LogP contribution in [0.5, 0.6) is 0 Å². The summed E-state index contributed by atoms with van der Waals surface area (Å²) in [6, 6.07) is 2.20. The topological polar surface area (TPSA) is 38.5 Å². The largest absolute Gasteiger partial charge is 0.374 e. The molecule has 2 rings (SSSR count). The lowest BCUT2D eigenvalue weighted by Crippen LogP contribution is -2.46. The molecule has 0 bridgehead atoms. The number of morpholine rings is 1. The smallest absolute Gasteiger partial charge is 0.0824 e. The first-order chi connectivity index (χ1) is 7.38. The minimum Gasteiger partial charge on any atom is -0.374 e. The van der Waals surface area contributed by atoms with Crippen LogP contribution in [0.4, 0.5) is 0 Å². The molecule has 1 aromatic heterocycles. The van der Waals surface area contributed by atoms with Crippen LogP contribution < -0.4 is 5.73 Å². The molecule has 2 heterocycles. The van der Waals surface area contributed by atoms with E-state index in [0.29, 0.717) is 6.54 Å². The summed E-state index contributed by atoms with van der Waals surface area (Å²) in [6.07, 6.45) is 1.38. The van der Waals surface area contributed by atoms with Crippen LogP contribution in [0.1, 0.15) is 5.56 Å². The lowest BCUT2D eigenvalue weighted by Gasteiger charge is -2.32. The zero-order chi connectivity index (χ0) is 10.5. The van der Waals surface area contributed by atoms with E-state index in [1.807, 2.05) is 0 Å². The van der Waals surface area contributed by atoms with Gasteiger partial charge in [0.15, 0.2) is 0 Å². The maximum Gasteiger partial charge on any atom is 0.0824 e. The predicted molar refractivity (Wildman–Crippen MR) is 63.3 cm³/mol. The predicted octanol–water partition coefficient (Wildman–Crippen LogP) is 0.950. The van der Waals surface area contributed by atoms with Gasteiger partial charge in [-0.25, -0.2) is 0 Å². The van der Waals surface area contributed by atoms with Crippen LogP contribution in [-0.4, -0.2) is 43.8 Å². The minimum absolute atomic E-state index is 0.237. The monoisotopic (exact) mass is 226 g/mol. The molecular weight excluding hydrogens is 208 g/mol. The summed E-state index contributed by atoms with van der Waals surface area (Å²) in [6.45, 7) is 4.61. The summed E-state index contributed by atoms with van der Waals surface area (Å²) in [5.74, 6) is 0. The summed E-state index contributed by atoms with van der Waals surface area (Å²) in [5, 5.41) is 4.36. The molecular formula is C11H18N2OS. The van der Waals surface area contributed by atoms with Gasteiger partial charge < -0.3 is 10.5 Å². The van der Waals surface area contributed by atoms with Crippen molar-refractivity contribution in [3.05, 3.63) is 22.4 Å². The van der Waals surface area contributed by atoms with E-state index in [4.69, 9.17) is 10.5 Å². The highest BCUT2D eigenvalue weighted by Gasteiger charge is 2.18. The van der Waals surface area contributed by atoms with Gasteiger partial charge in [0.1, 0.15) is 0 Å². The average Bonchev–Trinajstić information content (AvgIpc) is 2.79. The Bertz CT molecular complexity index is 276. The van der Waals surface area contributed by atoms with Crippen LogP contribution in [0.2, 0.25) is 0 Å². The Morgan fingerprint density at radius 2 is 2.53 bits per heavy atom. The SMILES string of the molecule is NCC1CN(CCc2ccsc2)CCO1. The first-order valence-electron chi connectivity index (χ1n) is 5.43. The Kier molecular flexibility index (Phi) is 4.14. The number of hydrogen-bond donors (Lipinski definition) is 1. The lowest BCUT2D eigenvalue weighted by molar-refractivity contribution is -0.0226. The van der Waals surface area contributed by atoms with E-state index in [-0.39, 0.29) is 6.10 Å². The first kappa shape index (κ1) is 11.1. The van der Waals surface area contributed by atoms with Crippen molar-refractivity contribution in [2.45, 2.75) is 12.5 Å². The van der Waals surface area contributed by atoms with Crippen molar-refractivity contribution < 1.29 is 4.74 Å². The van der Waals surface area contributed by atoms with Crippen molar-refractivity contribution in [2.75, 3.05) is 32.8 Å². The third-order valence-corrected chi connectivity index (χ3v) is 3.51. The maximum absolute atomic E-state index is 5.61. The molecule has 4 heteroatoms. The van der Waals surface area contributed by atoms with Gasteiger partial charge in [-0.2, -0.15) is 11.3 Å². The summed E-state index contributed by atoms with van der Waals surface area (Å²) in [7, 11) is 0. The summed E-state index contributed by atoms with van der Waals surface area (Å²) in [4.78, 5) is 2.44. The fraction of sp³-hybridized carbons (Fsp3) is 0.636. The third-order valence-electron chi connectivity index (χ3n) is 2.78. The van der Waals surface area contributed by atoms with Crippen molar-refractivity contribution in [1.82, 2.24) is 4.90 Å². The van der Waals surface area contributed by atoms with Gasteiger partial charge >= 0.3 is 0 Å². The van der Waals surface area contributed by atoms with Crippen LogP contribution in [0, 0.1) is 0 Å². The van der Waals surface area contributed by atoms with Gasteiger partial charge in [-0.05, 0) is 28.8 Å². The molecule has 0 saturated carbocycles. The van der Waals surface area contributed by atoms with E-state index >= 15 is 0 Å². The van der Waals surface area contributed by atoms with Gasteiger partial charge in [0.25, 0.3) is 0 Å². The molecule has 0 aliphatic carbocycles. The Morgan fingerprint density at radius 1 is 1.60 bits per heavy atom. The highest BCUT2D eigenvalue weighted by Crippen LogP contribution is 2.09. The highest BCUT2D eigenvalue weighted by molar-refractivity contribution is 7.07. The molecule has 0 radical (unpaired) electrons. The molecule has 1 aliphatic heterocycles. The lowest BCUT2D eigenvalue weighted by atomic mass is 10.2. The van der Waals surface area contributed by atoms with Gasteiger partial charge in [0.2, 0.25) is 0 Å². The number of hydrogen-bond acceptors (Lipinski definition) is 4. The summed E-state index contributed by atoms with van der Waals surface area (Å²) >= 11 is 1.77. The summed E-state index contributed by atoms with van der Waals surface area (Å²) < 4.78 is 5.53. The molecule has 1 aliphatic rings. The van der Waals surface area contributed by atoms with E-state index in [1.54, 1.807) is 11.3 Å². The van der Waals surface area contributed by atoms with E-state index in [0.717, 1.165) is 32.7 Å². The second kappa shape index (κ2) is 5.61. The fourth-order valence-electron chi connectivity index (χ4n) is 1.85. The highest BCUT2D eigenvalue weighted by atomic mass is 32.1. The number of nitrogens with zero attached hydrogens (tertiary/aromatic N) is 1. The summed E-state index contributed by atoms with van der Waals surface area (Å²) in [5.41, 5.74) is 7.05. The van der Waals surface area contributed by atoms with Gasteiger partial charge in [-0.15, -0.1) is 0 Å². The number of rotatable bonds is 4. The van der Waals surface area contributed by atoms with E-state index in [9.17, 15) is 0 Å². The van der Waals surface area contributed by atoms with Crippen LogP contribution in [-0.2, 0) is 11.2 Å². The van der Waals surface area contributed by atoms with Crippen LogP contribution in [0.3, 0.4) is 0 Å². The Morgan fingerprint density at radius 3 is 3.27 bits per heavy atom. The molecule has 1 unspecified atom stereocenters. The molecule has 0 amide bonds. The van der Waals surface area contributed by atoms with Crippen molar-refractivity contribution in [1.29, 1.82) is 0 Å². The zero-order valence-corrected chi connectivity index (χ0v) is 9.71. The first-order valence-corrected chi connectivity index (χ1v) is 6.38. The number of nitrogens with two attached hydrogens (primary N) is 1. The number of thiophene rings is 1. The molecule has 1 saturated heterocycles. The quantitative estimate of drug-likeness (QED) is 0.831. The van der Waals surface area contributed by atoms with Crippen molar-refractivity contribution in [3.8, 4) is 0 Å². The van der Waals surface area contributed by atoms with E-state index in [1.165, 1.54) is 5.56 Å². The fourth-order valence-corrected chi connectivity index (χ4v) is 2.55. The van der Waals surface area contributed by atoms with Crippen LogP contribution in [0.25, 0.3) is 0 Å². The molecule has 0 spiro atoms. The zero-order valence-electron chi connectivity index (χ0n) is 8.89. The molecule has 15 heavy (non-hydrogen) atoms. The average molecular weight is 226 g/mol. The molecule has 1 aromatic rings. The molecule has 1 fully saturated rings. The van der Waals surface area contributed by atoms with Crippen molar-refractivity contribution in [3.63, 3.8) is 0 Å². The van der Waals surface area contributed by atoms with E-state index in [2.05, 4.69) is 21.7 Å². The molecule has 3 nitrogen and oxygen atoms in total. The van der Waals surface area contributed by atoms with Crippen LogP contribution >= 0.6 is 11.3 Å². The van der Waals surface area contributed by atoms with Gasteiger partial charge in [-0.1, -0.05) is 0 Å². The standard InChI is InChI=1S/C11H18N2OS/c12-7-11-8-13(4-5-14-11)3-1-10-2-6-15-9-10/h2,6,9,11H,1,3-5,7-8,12H2. The number of ether oxygens (including phenoxy) is 1. The normalized spacial score (nSPS) is 23.1. The second-order valence-corrected chi connectivity index (χ2v) is 4.69. The minimum atomic E-state index is 0.237. The maximum atomic E-state index is 5.61. The Balaban J connectivity index is 1.74. The van der Waals surface area contributed by atoms with Crippen molar-refractivity contribution in [2.24, 2.45) is 5.73 Å². The Hall–Kier alpha value is -0.420. The van der Waals surface area contributed by atoms with Gasteiger partial charge in [0.05, 0.1) is 12.7 Å². The molecule has 2 N–H and O–H groups in total. The Labute approximate surface area is 94.8 Å².